The topological polar surface area (TPSA) is 88.4 Å². The molecule has 1 aromatic carbocycles. The summed E-state index contributed by atoms with van der Waals surface area (Å²) >= 11 is 0. The van der Waals surface area contributed by atoms with Crippen molar-refractivity contribution in [1.29, 1.82) is 0 Å². The summed E-state index contributed by atoms with van der Waals surface area (Å²) in [5.74, 6) is -2.31. The van der Waals surface area contributed by atoms with Crippen molar-refractivity contribution in [2.75, 3.05) is 6.54 Å². The molecule has 2 N–H and O–H groups in total. The van der Waals surface area contributed by atoms with Crippen molar-refractivity contribution in [3.8, 4) is 0 Å². The Kier molecular flexibility index (Phi) is 5.52. The summed E-state index contributed by atoms with van der Waals surface area (Å²) in [4.78, 5) is 35.5. The smallest absolute Gasteiger partial charge is 0.308 e. The normalized spacial score (nSPS) is 11.8. The molecule has 126 valence electrons. The van der Waals surface area contributed by atoms with Gasteiger partial charge in [-0.2, -0.15) is 0 Å². The lowest BCUT2D eigenvalue weighted by molar-refractivity contribution is -0.141. The number of benzene rings is 1. The Balaban J connectivity index is 2.06. The predicted molar refractivity (Wildman–Crippen MR) is 90.0 cm³/mol. The molecule has 24 heavy (non-hydrogen) atoms. The number of carboxylic acid groups (broad SMARTS) is 1. The van der Waals surface area contributed by atoms with E-state index in [2.05, 4.69) is 5.32 Å². The van der Waals surface area contributed by atoms with Crippen molar-refractivity contribution in [3.05, 3.63) is 69.6 Å². The van der Waals surface area contributed by atoms with Gasteiger partial charge in [-0.3, -0.25) is 14.4 Å². The molecule has 0 bridgehead atoms. The SMILES string of the molecule is Cc1cccc(CC(CNC(=O)c2cccn(C)c2=O)C(=O)O)c1. The zero-order valence-corrected chi connectivity index (χ0v) is 13.7. The lowest BCUT2D eigenvalue weighted by Gasteiger charge is -2.14. The number of nitrogens with one attached hydrogen (secondary N) is 1. The number of carboxylic acids is 1. The summed E-state index contributed by atoms with van der Waals surface area (Å²) < 4.78 is 1.30. The standard InChI is InChI=1S/C18H20N2O4/c1-12-5-3-6-13(9-12)10-14(18(23)24)11-19-16(21)15-7-4-8-20(2)17(15)22/h3-9,14H,10-11H2,1-2H3,(H,19,21)(H,23,24). The minimum Gasteiger partial charge on any atom is -0.481 e. The zero-order chi connectivity index (χ0) is 17.7. The lowest BCUT2D eigenvalue weighted by atomic mass is 9.98. The molecule has 0 saturated heterocycles. The van der Waals surface area contributed by atoms with Gasteiger partial charge in [0.1, 0.15) is 5.56 Å². The van der Waals surface area contributed by atoms with Gasteiger partial charge in [-0.25, -0.2) is 0 Å². The molecule has 0 fully saturated rings. The van der Waals surface area contributed by atoms with Gasteiger partial charge in [0, 0.05) is 19.8 Å². The van der Waals surface area contributed by atoms with Gasteiger partial charge in [0.15, 0.2) is 0 Å². The zero-order valence-electron chi connectivity index (χ0n) is 13.7. The van der Waals surface area contributed by atoms with Crippen LogP contribution in [-0.4, -0.2) is 28.1 Å². The molecule has 0 saturated carbocycles. The summed E-state index contributed by atoms with van der Waals surface area (Å²) in [6.45, 7) is 1.90. The number of hydrogen-bond donors (Lipinski definition) is 2. The molecule has 6 heteroatoms. The summed E-state index contributed by atoms with van der Waals surface area (Å²) in [7, 11) is 1.55. The molecule has 0 aliphatic carbocycles. The molecule has 0 aliphatic heterocycles. The first-order valence-corrected chi connectivity index (χ1v) is 7.60. The van der Waals surface area contributed by atoms with E-state index in [1.165, 1.54) is 10.6 Å². The quantitative estimate of drug-likeness (QED) is 0.838. The number of nitrogens with zero attached hydrogens (tertiary/aromatic N) is 1. The highest BCUT2D eigenvalue weighted by Gasteiger charge is 2.20. The Morgan fingerprint density at radius 3 is 2.67 bits per heavy atom. The van der Waals surface area contributed by atoms with E-state index in [9.17, 15) is 19.5 Å². The van der Waals surface area contributed by atoms with Crippen LogP contribution in [0.2, 0.25) is 0 Å². The number of carbonyl (C=O) groups is 2. The van der Waals surface area contributed by atoms with Crippen LogP contribution in [0.5, 0.6) is 0 Å². The monoisotopic (exact) mass is 328 g/mol. The number of pyridine rings is 1. The minimum atomic E-state index is -0.988. The van der Waals surface area contributed by atoms with E-state index >= 15 is 0 Å². The fourth-order valence-electron chi connectivity index (χ4n) is 2.45. The van der Waals surface area contributed by atoms with Crippen molar-refractivity contribution in [2.24, 2.45) is 13.0 Å². The van der Waals surface area contributed by atoms with Crippen LogP contribution in [0.1, 0.15) is 21.5 Å². The molecular formula is C18H20N2O4. The fourth-order valence-corrected chi connectivity index (χ4v) is 2.45. The fraction of sp³-hybridized carbons (Fsp3) is 0.278. The molecule has 2 rings (SSSR count). The average molecular weight is 328 g/mol. The molecule has 0 spiro atoms. The first-order valence-electron chi connectivity index (χ1n) is 7.60. The Morgan fingerprint density at radius 1 is 1.25 bits per heavy atom. The van der Waals surface area contributed by atoms with Gasteiger partial charge in [0.05, 0.1) is 5.92 Å². The highest BCUT2D eigenvalue weighted by Crippen LogP contribution is 2.11. The van der Waals surface area contributed by atoms with Gasteiger partial charge in [0.2, 0.25) is 0 Å². The number of amides is 1. The second-order valence-corrected chi connectivity index (χ2v) is 5.78. The summed E-state index contributed by atoms with van der Waals surface area (Å²) in [5, 5.41) is 11.9. The maximum absolute atomic E-state index is 12.1. The number of aromatic nitrogens is 1. The molecule has 1 atom stereocenters. The summed E-state index contributed by atoms with van der Waals surface area (Å²) in [5.41, 5.74) is 1.53. The van der Waals surface area contributed by atoms with E-state index in [-0.39, 0.29) is 12.1 Å². The Bertz CT molecular complexity index is 811. The highest BCUT2D eigenvalue weighted by atomic mass is 16.4. The molecule has 1 aromatic heterocycles. The number of aryl methyl sites for hydroxylation is 2. The molecule has 1 heterocycles. The number of carbonyl (C=O) groups excluding carboxylic acids is 1. The largest absolute Gasteiger partial charge is 0.481 e. The molecule has 0 aliphatic rings. The highest BCUT2D eigenvalue weighted by molar-refractivity contribution is 5.94. The third-order valence-electron chi connectivity index (χ3n) is 3.79. The minimum absolute atomic E-state index is 0.000283. The van der Waals surface area contributed by atoms with Crippen molar-refractivity contribution in [1.82, 2.24) is 9.88 Å². The number of rotatable bonds is 6. The molecule has 1 unspecified atom stereocenters. The molecular weight excluding hydrogens is 308 g/mol. The second kappa shape index (κ2) is 7.59. The van der Waals surface area contributed by atoms with Crippen LogP contribution in [0, 0.1) is 12.8 Å². The van der Waals surface area contributed by atoms with E-state index < -0.39 is 23.4 Å². The first kappa shape index (κ1) is 17.5. The van der Waals surface area contributed by atoms with E-state index in [4.69, 9.17) is 0 Å². The first-order chi connectivity index (χ1) is 11.4. The Morgan fingerprint density at radius 2 is 2.00 bits per heavy atom. The number of hydrogen-bond acceptors (Lipinski definition) is 3. The lowest BCUT2D eigenvalue weighted by Crippen LogP contribution is -2.37. The van der Waals surface area contributed by atoms with Crippen molar-refractivity contribution >= 4 is 11.9 Å². The third-order valence-corrected chi connectivity index (χ3v) is 3.79. The van der Waals surface area contributed by atoms with E-state index in [1.807, 2.05) is 31.2 Å². The Hall–Kier alpha value is -2.89. The maximum Gasteiger partial charge on any atom is 0.308 e. The molecule has 6 nitrogen and oxygen atoms in total. The van der Waals surface area contributed by atoms with Gasteiger partial charge < -0.3 is 15.0 Å². The van der Waals surface area contributed by atoms with Crippen LogP contribution in [0.25, 0.3) is 0 Å². The average Bonchev–Trinajstić information content (AvgIpc) is 2.53. The molecule has 2 aromatic rings. The van der Waals surface area contributed by atoms with Gasteiger partial charge >= 0.3 is 5.97 Å². The van der Waals surface area contributed by atoms with Crippen LogP contribution in [0.4, 0.5) is 0 Å². The van der Waals surface area contributed by atoms with Crippen LogP contribution < -0.4 is 10.9 Å². The van der Waals surface area contributed by atoms with E-state index in [1.54, 1.807) is 19.3 Å². The van der Waals surface area contributed by atoms with Crippen LogP contribution >= 0.6 is 0 Å². The van der Waals surface area contributed by atoms with Crippen molar-refractivity contribution < 1.29 is 14.7 Å². The van der Waals surface area contributed by atoms with Crippen molar-refractivity contribution in [2.45, 2.75) is 13.3 Å². The Labute approximate surface area is 139 Å². The van der Waals surface area contributed by atoms with Gasteiger partial charge in [-0.05, 0) is 31.0 Å². The predicted octanol–water partition coefficient (Wildman–Crippen LogP) is 1.37. The summed E-state index contributed by atoms with van der Waals surface area (Å²) in [6.07, 6.45) is 1.86. The van der Waals surface area contributed by atoms with E-state index in [0.717, 1.165) is 11.1 Å². The molecule has 0 radical (unpaired) electrons. The van der Waals surface area contributed by atoms with Gasteiger partial charge in [0.25, 0.3) is 11.5 Å². The molecule has 1 amide bonds. The number of aliphatic carboxylic acids is 1. The van der Waals surface area contributed by atoms with Crippen LogP contribution in [0.15, 0.2) is 47.4 Å². The van der Waals surface area contributed by atoms with Crippen LogP contribution in [-0.2, 0) is 18.3 Å². The van der Waals surface area contributed by atoms with Crippen molar-refractivity contribution in [3.63, 3.8) is 0 Å². The van der Waals surface area contributed by atoms with E-state index in [0.29, 0.717) is 6.42 Å². The maximum atomic E-state index is 12.1. The van der Waals surface area contributed by atoms with Gasteiger partial charge in [-0.15, -0.1) is 0 Å². The third kappa shape index (κ3) is 4.32. The second-order valence-electron chi connectivity index (χ2n) is 5.78. The van der Waals surface area contributed by atoms with Gasteiger partial charge in [-0.1, -0.05) is 29.8 Å². The van der Waals surface area contributed by atoms with Crippen LogP contribution in [0.3, 0.4) is 0 Å². The summed E-state index contributed by atoms with van der Waals surface area (Å²) in [6, 6.07) is 10.6.